The van der Waals surface area contributed by atoms with Crippen molar-refractivity contribution in [1.29, 1.82) is 0 Å². The molecule has 2 amide bonds. The Bertz CT molecular complexity index is 551. The third-order valence-electron chi connectivity index (χ3n) is 4.39. The largest absolute Gasteiger partial charge is 0.376 e. The standard InChI is InChI=1S/C15H22N4O3/c1-10-7-16-9-19(10)8-14(21)17-11-4-5-13(20)18-15(11)12-3-2-6-22-12/h7,9,11-12,15H,2-6,8H2,1H3,(H,17,21)(H,18,20)/t11-,12?,15-/m0/s1. The zero-order valence-corrected chi connectivity index (χ0v) is 12.7. The van der Waals surface area contributed by atoms with Crippen molar-refractivity contribution in [1.82, 2.24) is 20.2 Å². The van der Waals surface area contributed by atoms with Crippen LogP contribution >= 0.6 is 0 Å². The molecule has 1 unspecified atom stereocenters. The highest BCUT2D eigenvalue weighted by Gasteiger charge is 2.37. The molecule has 0 saturated carbocycles. The van der Waals surface area contributed by atoms with Gasteiger partial charge in [0.2, 0.25) is 11.8 Å². The lowest BCUT2D eigenvalue weighted by Crippen LogP contribution is -2.60. The average molecular weight is 306 g/mol. The van der Waals surface area contributed by atoms with Crippen LogP contribution in [0.1, 0.15) is 31.4 Å². The van der Waals surface area contributed by atoms with Gasteiger partial charge in [-0.2, -0.15) is 0 Å². The Kier molecular flexibility index (Phi) is 4.42. The summed E-state index contributed by atoms with van der Waals surface area (Å²) in [5, 5.41) is 6.04. The molecule has 0 aromatic carbocycles. The highest BCUT2D eigenvalue weighted by Crippen LogP contribution is 2.22. The van der Waals surface area contributed by atoms with Crippen molar-refractivity contribution in [3.63, 3.8) is 0 Å². The predicted octanol–water partition coefficient (Wildman–Crippen LogP) is 0.134. The van der Waals surface area contributed by atoms with Crippen LogP contribution in [-0.4, -0.2) is 46.2 Å². The van der Waals surface area contributed by atoms with Gasteiger partial charge in [-0.1, -0.05) is 0 Å². The molecule has 3 heterocycles. The summed E-state index contributed by atoms with van der Waals surface area (Å²) >= 11 is 0. The van der Waals surface area contributed by atoms with E-state index in [2.05, 4.69) is 15.6 Å². The molecule has 1 aromatic rings. The van der Waals surface area contributed by atoms with Gasteiger partial charge >= 0.3 is 0 Å². The van der Waals surface area contributed by atoms with Crippen molar-refractivity contribution < 1.29 is 14.3 Å². The molecule has 22 heavy (non-hydrogen) atoms. The minimum atomic E-state index is -0.128. The topological polar surface area (TPSA) is 85.2 Å². The Hall–Kier alpha value is -1.89. The summed E-state index contributed by atoms with van der Waals surface area (Å²) in [6.45, 7) is 2.89. The van der Waals surface area contributed by atoms with Crippen LogP contribution in [0.25, 0.3) is 0 Å². The van der Waals surface area contributed by atoms with E-state index in [1.165, 1.54) is 0 Å². The minimum Gasteiger partial charge on any atom is -0.376 e. The molecule has 2 N–H and O–H groups in total. The van der Waals surface area contributed by atoms with E-state index >= 15 is 0 Å². The molecule has 2 fully saturated rings. The molecule has 3 rings (SSSR count). The van der Waals surface area contributed by atoms with Crippen molar-refractivity contribution in [3.8, 4) is 0 Å². The fourth-order valence-electron chi connectivity index (χ4n) is 3.18. The van der Waals surface area contributed by atoms with Crippen LogP contribution < -0.4 is 10.6 Å². The van der Waals surface area contributed by atoms with E-state index in [1.54, 1.807) is 17.1 Å². The smallest absolute Gasteiger partial charge is 0.240 e. The van der Waals surface area contributed by atoms with E-state index in [9.17, 15) is 9.59 Å². The molecule has 0 bridgehead atoms. The second-order valence-corrected chi connectivity index (χ2v) is 6.02. The van der Waals surface area contributed by atoms with Crippen LogP contribution in [0.2, 0.25) is 0 Å². The zero-order chi connectivity index (χ0) is 15.5. The lowest BCUT2D eigenvalue weighted by molar-refractivity contribution is -0.128. The third kappa shape index (κ3) is 3.30. The number of piperidine rings is 1. The van der Waals surface area contributed by atoms with E-state index in [4.69, 9.17) is 4.74 Å². The van der Waals surface area contributed by atoms with Gasteiger partial charge < -0.3 is 19.9 Å². The minimum absolute atomic E-state index is 0.00420. The van der Waals surface area contributed by atoms with Gasteiger partial charge in [0, 0.05) is 24.9 Å². The monoisotopic (exact) mass is 306 g/mol. The summed E-state index contributed by atoms with van der Waals surface area (Å²) in [4.78, 5) is 27.9. The van der Waals surface area contributed by atoms with E-state index < -0.39 is 0 Å². The predicted molar refractivity (Wildman–Crippen MR) is 79.0 cm³/mol. The number of nitrogens with zero attached hydrogens (tertiary/aromatic N) is 2. The maximum Gasteiger partial charge on any atom is 0.240 e. The van der Waals surface area contributed by atoms with E-state index in [0.717, 1.165) is 25.1 Å². The summed E-state index contributed by atoms with van der Waals surface area (Å²) in [7, 11) is 0. The van der Waals surface area contributed by atoms with Gasteiger partial charge in [0.25, 0.3) is 0 Å². The first-order chi connectivity index (χ1) is 10.6. The lowest BCUT2D eigenvalue weighted by Gasteiger charge is -2.36. The van der Waals surface area contributed by atoms with Crippen molar-refractivity contribution in [2.24, 2.45) is 0 Å². The fraction of sp³-hybridized carbons (Fsp3) is 0.667. The Morgan fingerprint density at radius 2 is 2.41 bits per heavy atom. The summed E-state index contributed by atoms with van der Waals surface area (Å²) in [5.41, 5.74) is 0.947. The van der Waals surface area contributed by atoms with Gasteiger partial charge in [0.1, 0.15) is 6.54 Å². The van der Waals surface area contributed by atoms with E-state index in [1.807, 2.05) is 6.92 Å². The number of hydrogen-bond donors (Lipinski definition) is 2. The maximum atomic E-state index is 12.3. The Balaban J connectivity index is 1.62. The average Bonchev–Trinajstić information content (AvgIpc) is 3.14. The van der Waals surface area contributed by atoms with Crippen molar-refractivity contribution in [2.45, 2.75) is 57.3 Å². The number of amides is 2. The van der Waals surface area contributed by atoms with Gasteiger partial charge in [-0.15, -0.1) is 0 Å². The van der Waals surface area contributed by atoms with Gasteiger partial charge in [-0.3, -0.25) is 9.59 Å². The maximum absolute atomic E-state index is 12.3. The van der Waals surface area contributed by atoms with Crippen molar-refractivity contribution in [3.05, 3.63) is 18.2 Å². The van der Waals surface area contributed by atoms with Crippen LogP contribution in [-0.2, 0) is 20.9 Å². The Morgan fingerprint density at radius 1 is 1.55 bits per heavy atom. The Morgan fingerprint density at radius 3 is 3.09 bits per heavy atom. The number of aromatic nitrogens is 2. The second kappa shape index (κ2) is 6.48. The number of hydrogen-bond acceptors (Lipinski definition) is 4. The molecular formula is C15H22N4O3. The number of imidazole rings is 1. The highest BCUT2D eigenvalue weighted by molar-refractivity contribution is 5.79. The van der Waals surface area contributed by atoms with Gasteiger partial charge in [0.05, 0.1) is 24.5 Å². The first-order valence-electron chi connectivity index (χ1n) is 7.80. The second-order valence-electron chi connectivity index (χ2n) is 6.02. The molecule has 7 heteroatoms. The van der Waals surface area contributed by atoms with Crippen LogP contribution in [0.3, 0.4) is 0 Å². The van der Waals surface area contributed by atoms with Gasteiger partial charge in [0.15, 0.2) is 0 Å². The van der Waals surface area contributed by atoms with E-state index in [0.29, 0.717) is 12.8 Å². The number of nitrogens with one attached hydrogen (secondary N) is 2. The van der Waals surface area contributed by atoms with Crippen molar-refractivity contribution >= 4 is 11.8 Å². The quantitative estimate of drug-likeness (QED) is 0.828. The molecule has 120 valence electrons. The molecule has 0 radical (unpaired) electrons. The normalized spacial score (nSPS) is 28.4. The molecule has 1 aromatic heterocycles. The summed E-state index contributed by atoms with van der Waals surface area (Å²) in [5.74, 6) is -0.0262. The van der Waals surface area contributed by atoms with Gasteiger partial charge in [-0.25, -0.2) is 4.98 Å². The number of carbonyl (C=O) groups excluding carboxylic acids is 2. The summed E-state index contributed by atoms with van der Waals surface area (Å²) in [6, 6.07) is -0.200. The van der Waals surface area contributed by atoms with Crippen molar-refractivity contribution in [2.75, 3.05) is 6.61 Å². The molecular weight excluding hydrogens is 284 g/mol. The van der Waals surface area contributed by atoms with E-state index in [-0.39, 0.29) is 36.5 Å². The van der Waals surface area contributed by atoms with Crippen LogP contribution in [0, 0.1) is 6.92 Å². The van der Waals surface area contributed by atoms with Crippen LogP contribution in [0.4, 0.5) is 0 Å². The number of aryl methyl sites for hydroxylation is 1. The molecule has 3 atom stereocenters. The molecule has 0 aliphatic carbocycles. The number of carbonyl (C=O) groups is 2. The molecule has 7 nitrogen and oxygen atoms in total. The third-order valence-corrected chi connectivity index (χ3v) is 4.39. The van der Waals surface area contributed by atoms with Gasteiger partial charge in [-0.05, 0) is 26.2 Å². The summed E-state index contributed by atoms with van der Waals surface area (Å²) in [6.07, 6.45) is 6.41. The Labute approximate surface area is 129 Å². The highest BCUT2D eigenvalue weighted by atomic mass is 16.5. The molecule has 2 aliphatic heterocycles. The van der Waals surface area contributed by atoms with Crippen LogP contribution in [0.15, 0.2) is 12.5 Å². The number of ether oxygens (including phenoxy) is 1. The molecule has 2 saturated heterocycles. The first kappa shape index (κ1) is 15.0. The van der Waals surface area contributed by atoms with Crippen LogP contribution in [0.5, 0.6) is 0 Å². The lowest BCUT2D eigenvalue weighted by atomic mass is 9.92. The molecule has 2 aliphatic rings. The SMILES string of the molecule is Cc1cncn1CC(=O)N[C@H]1CCC(=O)N[C@@H]1C1CCCO1. The first-order valence-corrected chi connectivity index (χ1v) is 7.80. The zero-order valence-electron chi connectivity index (χ0n) is 12.7. The summed E-state index contributed by atoms with van der Waals surface area (Å²) < 4.78 is 7.50. The molecule has 0 spiro atoms. The fourth-order valence-corrected chi connectivity index (χ4v) is 3.18. The number of rotatable bonds is 4.